The van der Waals surface area contributed by atoms with Gasteiger partial charge in [-0.25, -0.2) is 4.79 Å². The van der Waals surface area contributed by atoms with Gasteiger partial charge in [0.15, 0.2) is 0 Å². The van der Waals surface area contributed by atoms with Crippen molar-refractivity contribution in [1.29, 1.82) is 0 Å². The molecular formula is C27H45N3O5. The first-order chi connectivity index (χ1) is 16.2. The minimum atomic E-state index is -0.985. The Bertz CT molecular complexity index is 849. The number of rotatable bonds is 11. The normalized spacial score (nSPS) is 15.0. The van der Waals surface area contributed by atoms with Crippen LogP contribution in [0.5, 0.6) is 5.75 Å². The molecule has 1 aromatic rings. The summed E-state index contributed by atoms with van der Waals surface area (Å²) >= 11 is 0. The Hall–Kier alpha value is -2.77. The monoisotopic (exact) mass is 491 g/mol. The number of aromatic hydroxyl groups is 1. The number of amides is 3. The minimum absolute atomic E-state index is 0.00316. The Morgan fingerprint density at radius 2 is 1.69 bits per heavy atom. The van der Waals surface area contributed by atoms with Gasteiger partial charge >= 0.3 is 6.09 Å². The zero-order chi connectivity index (χ0) is 26.9. The molecule has 0 saturated carbocycles. The molecule has 4 atom stereocenters. The average molecular weight is 492 g/mol. The summed E-state index contributed by atoms with van der Waals surface area (Å²) in [6.07, 6.45) is 1.65. The lowest BCUT2D eigenvalue weighted by molar-refractivity contribution is -0.145. The van der Waals surface area contributed by atoms with Gasteiger partial charge in [-0.2, -0.15) is 0 Å². The van der Waals surface area contributed by atoms with E-state index in [-0.39, 0.29) is 35.6 Å². The topological polar surface area (TPSA) is 108 Å². The number of carbonyl (C=O) groups is 3. The van der Waals surface area contributed by atoms with E-state index in [1.165, 1.54) is 17.0 Å². The van der Waals surface area contributed by atoms with Crippen LogP contribution in [0.2, 0.25) is 0 Å². The van der Waals surface area contributed by atoms with Crippen molar-refractivity contribution in [3.63, 3.8) is 0 Å². The van der Waals surface area contributed by atoms with Crippen LogP contribution >= 0.6 is 0 Å². The summed E-state index contributed by atoms with van der Waals surface area (Å²) in [5.41, 5.74) is -0.224. The molecule has 3 amide bonds. The van der Waals surface area contributed by atoms with Crippen molar-refractivity contribution in [2.24, 2.45) is 5.92 Å². The summed E-state index contributed by atoms with van der Waals surface area (Å²) in [4.78, 5) is 41.7. The number of benzene rings is 1. The smallest absolute Gasteiger partial charge is 0.408 e. The average Bonchev–Trinajstić information content (AvgIpc) is 2.73. The molecule has 3 N–H and O–H groups in total. The maximum atomic E-state index is 14.0. The van der Waals surface area contributed by atoms with Crippen LogP contribution < -0.4 is 10.6 Å². The van der Waals surface area contributed by atoms with Crippen LogP contribution in [-0.4, -0.2) is 51.6 Å². The molecule has 8 heteroatoms. The van der Waals surface area contributed by atoms with Crippen molar-refractivity contribution in [3.05, 3.63) is 29.8 Å². The van der Waals surface area contributed by atoms with Crippen molar-refractivity contribution in [3.8, 4) is 5.75 Å². The molecule has 0 bridgehead atoms. The highest BCUT2D eigenvalue weighted by Crippen LogP contribution is 2.29. The second kappa shape index (κ2) is 13.4. The van der Waals surface area contributed by atoms with E-state index in [9.17, 15) is 19.5 Å². The Labute approximate surface area is 210 Å². The second-order valence-electron chi connectivity index (χ2n) is 10.5. The van der Waals surface area contributed by atoms with Gasteiger partial charge in [-0.15, -0.1) is 0 Å². The Morgan fingerprint density at radius 3 is 2.17 bits per heavy atom. The van der Waals surface area contributed by atoms with Crippen LogP contribution in [0.4, 0.5) is 4.79 Å². The molecule has 0 aliphatic heterocycles. The summed E-state index contributed by atoms with van der Waals surface area (Å²) in [5.74, 6) is -0.919. The number of nitrogens with one attached hydrogen (secondary N) is 2. The summed E-state index contributed by atoms with van der Waals surface area (Å²) in [5, 5.41) is 15.9. The van der Waals surface area contributed by atoms with E-state index in [2.05, 4.69) is 10.6 Å². The van der Waals surface area contributed by atoms with E-state index in [0.29, 0.717) is 12.0 Å². The van der Waals surface area contributed by atoms with Gasteiger partial charge in [0.05, 0.1) is 0 Å². The molecule has 4 unspecified atom stereocenters. The van der Waals surface area contributed by atoms with Crippen molar-refractivity contribution in [1.82, 2.24) is 15.5 Å². The number of nitrogens with zero attached hydrogens (tertiary/aromatic N) is 1. The number of alkyl carbamates (subject to hydrolysis) is 1. The Morgan fingerprint density at radius 1 is 1.06 bits per heavy atom. The number of phenolic OH excluding ortho intramolecular Hbond substituents is 1. The van der Waals surface area contributed by atoms with E-state index in [1.807, 2.05) is 41.5 Å². The summed E-state index contributed by atoms with van der Waals surface area (Å²) in [6, 6.07) is 4.06. The van der Waals surface area contributed by atoms with Gasteiger partial charge in [0.2, 0.25) is 11.8 Å². The highest BCUT2D eigenvalue weighted by atomic mass is 16.6. The summed E-state index contributed by atoms with van der Waals surface area (Å²) in [7, 11) is 0. The highest BCUT2D eigenvalue weighted by molar-refractivity contribution is 5.92. The van der Waals surface area contributed by atoms with Crippen molar-refractivity contribution >= 4 is 17.9 Å². The van der Waals surface area contributed by atoms with E-state index in [4.69, 9.17) is 4.74 Å². The first-order valence-corrected chi connectivity index (χ1v) is 12.6. The minimum Gasteiger partial charge on any atom is -0.508 e. The van der Waals surface area contributed by atoms with E-state index < -0.39 is 23.8 Å². The summed E-state index contributed by atoms with van der Waals surface area (Å²) < 4.78 is 5.41. The first kappa shape index (κ1) is 30.3. The molecule has 1 rings (SSSR count). The third kappa shape index (κ3) is 9.42. The van der Waals surface area contributed by atoms with Gasteiger partial charge in [-0.3, -0.25) is 9.59 Å². The van der Waals surface area contributed by atoms with Gasteiger partial charge in [0.25, 0.3) is 0 Å². The third-order valence-corrected chi connectivity index (χ3v) is 5.78. The van der Waals surface area contributed by atoms with Crippen LogP contribution in [0, 0.1) is 5.92 Å². The van der Waals surface area contributed by atoms with E-state index in [0.717, 1.165) is 12.8 Å². The van der Waals surface area contributed by atoms with Gasteiger partial charge < -0.3 is 25.4 Å². The lowest BCUT2D eigenvalue weighted by Crippen LogP contribution is -2.57. The molecule has 35 heavy (non-hydrogen) atoms. The number of phenols is 1. The van der Waals surface area contributed by atoms with E-state index >= 15 is 0 Å². The maximum Gasteiger partial charge on any atom is 0.408 e. The van der Waals surface area contributed by atoms with Gasteiger partial charge in [0.1, 0.15) is 23.4 Å². The quantitative estimate of drug-likeness (QED) is 0.407. The Balaban J connectivity index is 3.48. The maximum absolute atomic E-state index is 14.0. The third-order valence-electron chi connectivity index (χ3n) is 5.78. The molecule has 0 fully saturated rings. The van der Waals surface area contributed by atoms with Crippen LogP contribution in [0.15, 0.2) is 24.3 Å². The van der Waals surface area contributed by atoms with Crippen LogP contribution in [0.1, 0.15) is 93.2 Å². The van der Waals surface area contributed by atoms with Gasteiger partial charge in [0, 0.05) is 12.1 Å². The lowest BCUT2D eigenvalue weighted by atomic mass is 9.94. The fourth-order valence-electron chi connectivity index (χ4n) is 3.92. The molecule has 0 spiro atoms. The van der Waals surface area contributed by atoms with Crippen LogP contribution in [-0.2, 0) is 14.3 Å². The fourth-order valence-corrected chi connectivity index (χ4v) is 3.92. The molecule has 0 aromatic heterocycles. The number of hydrogen-bond acceptors (Lipinski definition) is 5. The predicted molar refractivity (Wildman–Crippen MR) is 138 cm³/mol. The predicted octanol–water partition coefficient (Wildman–Crippen LogP) is 4.91. The number of ether oxygens (including phenoxy) is 1. The number of hydrogen-bond donors (Lipinski definition) is 3. The zero-order valence-electron chi connectivity index (χ0n) is 22.8. The second-order valence-corrected chi connectivity index (χ2v) is 10.5. The van der Waals surface area contributed by atoms with Gasteiger partial charge in [-0.1, -0.05) is 45.7 Å². The highest BCUT2D eigenvalue weighted by Gasteiger charge is 2.39. The Kier molecular flexibility index (Phi) is 11.5. The molecule has 0 heterocycles. The molecule has 1 aromatic carbocycles. The van der Waals surface area contributed by atoms with Crippen molar-refractivity contribution in [2.45, 2.75) is 111 Å². The van der Waals surface area contributed by atoms with Gasteiger partial charge in [-0.05, 0) is 71.6 Å². The van der Waals surface area contributed by atoms with Crippen LogP contribution in [0.3, 0.4) is 0 Å². The van der Waals surface area contributed by atoms with Crippen molar-refractivity contribution in [2.75, 3.05) is 0 Å². The zero-order valence-corrected chi connectivity index (χ0v) is 22.8. The molecule has 0 radical (unpaired) electrons. The molecule has 0 aliphatic rings. The SMILES string of the molecule is CCCC(C)NC(=O)C(c1cccc(O)c1)N(C(=O)C(NC(=O)OC(C)(C)C)C(C)CC)C(C)C. The van der Waals surface area contributed by atoms with E-state index in [1.54, 1.807) is 32.9 Å². The fraction of sp³-hybridized carbons (Fsp3) is 0.667. The number of carbonyl (C=O) groups excluding carboxylic acids is 3. The molecule has 0 aliphatic carbocycles. The lowest BCUT2D eigenvalue weighted by Gasteiger charge is -2.38. The summed E-state index contributed by atoms with van der Waals surface area (Å²) in [6.45, 7) is 16.7. The molecule has 198 valence electrons. The molecular weight excluding hydrogens is 446 g/mol. The van der Waals surface area contributed by atoms with Crippen molar-refractivity contribution < 1.29 is 24.2 Å². The standard InChI is InChI=1S/C27H45N3O5/c1-10-13-19(6)28-24(32)23(20-14-12-15-21(31)16-20)30(17(3)4)25(33)22(18(5)11-2)29-26(34)35-27(7,8)9/h12,14-19,22-23,31H,10-11,13H2,1-9H3,(H,28,32)(H,29,34). The molecule has 0 saturated heterocycles. The first-order valence-electron chi connectivity index (χ1n) is 12.6. The van der Waals surface area contributed by atoms with Crippen LogP contribution in [0.25, 0.3) is 0 Å². The largest absolute Gasteiger partial charge is 0.508 e. The molecule has 8 nitrogen and oxygen atoms in total.